The molecule has 0 heterocycles. The van der Waals surface area contributed by atoms with Gasteiger partial charge < -0.3 is 15.2 Å². The fourth-order valence-corrected chi connectivity index (χ4v) is 0.652. The molecule has 0 rings (SSSR count). The van der Waals surface area contributed by atoms with Crippen LogP contribution in [0.4, 0.5) is 0 Å². The summed E-state index contributed by atoms with van der Waals surface area (Å²) in [4.78, 5) is 8.25. The van der Waals surface area contributed by atoms with Crippen LogP contribution >= 0.6 is 0 Å². The van der Waals surface area contributed by atoms with Gasteiger partial charge in [-0.1, -0.05) is 39.5 Å². The van der Waals surface area contributed by atoms with Crippen LogP contribution in [0.15, 0.2) is 0 Å². The minimum Gasteiger partial charge on any atom is -0.662 e. The summed E-state index contributed by atoms with van der Waals surface area (Å²) in [6.07, 6.45) is 5.08. The Bertz CT molecular complexity index is 76.0. The molecule has 0 saturated heterocycles. The average Bonchev–Trinajstić information content (AvgIpc) is 2.06. The minimum absolute atomic E-state index is 0. The van der Waals surface area contributed by atoms with E-state index in [4.69, 9.17) is 9.90 Å². The molecule has 0 aromatic heterocycles. The first-order valence-corrected chi connectivity index (χ1v) is 4.52. The molecule has 4 heteroatoms. The van der Waals surface area contributed by atoms with Crippen molar-refractivity contribution in [2.75, 3.05) is 13.1 Å². The van der Waals surface area contributed by atoms with Crippen molar-refractivity contribution >= 4 is 6.47 Å². The van der Waals surface area contributed by atoms with Gasteiger partial charge in [-0.15, -0.1) is 13.1 Å². The molecule has 0 spiro atoms. The zero-order chi connectivity index (χ0) is 9.66. The van der Waals surface area contributed by atoms with Gasteiger partial charge in [0.05, 0.1) is 0 Å². The largest absolute Gasteiger partial charge is 2.00 e. The summed E-state index contributed by atoms with van der Waals surface area (Å²) >= 11 is 0. The third-order valence-corrected chi connectivity index (χ3v) is 1.34. The van der Waals surface area contributed by atoms with Crippen molar-refractivity contribution in [2.24, 2.45) is 0 Å². The van der Waals surface area contributed by atoms with E-state index in [1.165, 1.54) is 25.7 Å². The quantitative estimate of drug-likeness (QED) is 0.398. The smallest absolute Gasteiger partial charge is 0.662 e. The summed E-state index contributed by atoms with van der Waals surface area (Å²) in [7, 11) is 0. The standard InChI is InChI=1S/C8H18N.CH2O2.Zn/c1-3-5-7-9-8-6-4-2;2-1-3;/h3-8H2,1-2H3;1H,(H,2,3);/q-1;;+2/p-1. The van der Waals surface area contributed by atoms with Crippen LogP contribution in [-0.4, -0.2) is 19.6 Å². The summed E-state index contributed by atoms with van der Waals surface area (Å²) in [6.45, 7) is 6.07. The fraction of sp³-hybridized carbons (Fsp3) is 0.889. The van der Waals surface area contributed by atoms with E-state index in [2.05, 4.69) is 19.2 Å². The molecule has 74 valence electrons. The van der Waals surface area contributed by atoms with Crippen LogP contribution in [0.3, 0.4) is 0 Å². The van der Waals surface area contributed by atoms with Crippen LogP contribution in [0.2, 0.25) is 0 Å². The maximum atomic E-state index is 8.25. The van der Waals surface area contributed by atoms with Crippen molar-refractivity contribution in [1.82, 2.24) is 0 Å². The second-order valence-electron chi connectivity index (χ2n) is 2.47. The molecular formula is C9H19NO2Zn. The Morgan fingerprint density at radius 3 is 1.69 bits per heavy atom. The van der Waals surface area contributed by atoms with E-state index in [0.29, 0.717) is 0 Å². The van der Waals surface area contributed by atoms with E-state index in [1.54, 1.807) is 0 Å². The molecule has 0 bridgehead atoms. The van der Waals surface area contributed by atoms with E-state index in [0.717, 1.165) is 13.1 Å². The van der Waals surface area contributed by atoms with Gasteiger partial charge in [0.1, 0.15) is 0 Å². The van der Waals surface area contributed by atoms with E-state index in [9.17, 15) is 0 Å². The number of rotatable bonds is 6. The second kappa shape index (κ2) is 22.7. The molecular weight excluding hydrogens is 219 g/mol. The molecule has 0 aliphatic carbocycles. The number of carbonyl (C=O) groups is 1. The van der Waals surface area contributed by atoms with Gasteiger partial charge in [-0.25, -0.2) is 0 Å². The van der Waals surface area contributed by atoms with Gasteiger partial charge in [0.25, 0.3) is 0 Å². The molecule has 0 fully saturated rings. The SMILES string of the molecule is CCCC[N-]CCCC.O=C[O-].[Zn+2]. The van der Waals surface area contributed by atoms with Crippen molar-refractivity contribution < 1.29 is 29.4 Å². The van der Waals surface area contributed by atoms with Crippen molar-refractivity contribution in [3.05, 3.63) is 5.32 Å². The zero-order valence-electron chi connectivity index (χ0n) is 8.79. The molecule has 0 unspecified atom stereocenters. The third kappa shape index (κ3) is 33.2. The van der Waals surface area contributed by atoms with Crippen molar-refractivity contribution in [3.63, 3.8) is 0 Å². The number of unbranched alkanes of at least 4 members (excludes halogenated alkanes) is 2. The Labute approximate surface area is 94.1 Å². The third-order valence-electron chi connectivity index (χ3n) is 1.34. The first-order valence-electron chi connectivity index (χ1n) is 4.52. The van der Waals surface area contributed by atoms with E-state index in [1.807, 2.05) is 0 Å². The Hall–Kier alpha value is 0.0534. The maximum Gasteiger partial charge on any atom is 2.00 e. The Morgan fingerprint density at radius 2 is 1.46 bits per heavy atom. The zero-order valence-corrected chi connectivity index (χ0v) is 11.8. The molecule has 0 aliphatic heterocycles. The number of hydrogen-bond acceptors (Lipinski definition) is 2. The van der Waals surface area contributed by atoms with Crippen LogP contribution < -0.4 is 5.11 Å². The van der Waals surface area contributed by atoms with Crippen LogP contribution in [0.5, 0.6) is 0 Å². The topological polar surface area (TPSA) is 54.2 Å². The second-order valence-corrected chi connectivity index (χ2v) is 2.47. The molecule has 0 amide bonds. The number of nitrogens with zero attached hydrogens (tertiary/aromatic N) is 1. The van der Waals surface area contributed by atoms with Crippen molar-refractivity contribution in [1.29, 1.82) is 0 Å². The van der Waals surface area contributed by atoms with Crippen molar-refractivity contribution in [2.45, 2.75) is 39.5 Å². The number of carboxylic acid groups (broad SMARTS) is 1. The minimum atomic E-state index is -0.500. The Balaban J connectivity index is -0.000000220. The van der Waals surface area contributed by atoms with Crippen LogP contribution in [0.1, 0.15) is 39.5 Å². The molecule has 3 nitrogen and oxygen atoms in total. The summed E-state index contributed by atoms with van der Waals surface area (Å²) in [6, 6.07) is 0. The van der Waals surface area contributed by atoms with Gasteiger partial charge in [0, 0.05) is 6.47 Å². The molecule has 0 saturated carbocycles. The molecule has 0 aliphatic rings. The first kappa shape index (κ1) is 18.8. The average molecular weight is 239 g/mol. The van der Waals surface area contributed by atoms with Crippen molar-refractivity contribution in [3.8, 4) is 0 Å². The van der Waals surface area contributed by atoms with Gasteiger partial charge in [-0.05, 0) is 0 Å². The molecule has 0 radical (unpaired) electrons. The summed E-state index contributed by atoms with van der Waals surface area (Å²) in [5.74, 6) is 0. The maximum absolute atomic E-state index is 8.25. The predicted octanol–water partition coefficient (Wildman–Crippen LogP) is 1.32. The normalized spacial score (nSPS) is 7.85. The van der Waals surface area contributed by atoms with E-state index < -0.39 is 6.47 Å². The first-order chi connectivity index (χ1) is 5.83. The number of hydrogen-bond donors (Lipinski definition) is 0. The Kier molecular flexibility index (Phi) is 32.8. The number of carbonyl (C=O) groups excluding carboxylic acids is 1. The van der Waals surface area contributed by atoms with E-state index in [-0.39, 0.29) is 19.5 Å². The van der Waals surface area contributed by atoms with Crippen LogP contribution in [-0.2, 0) is 24.3 Å². The van der Waals surface area contributed by atoms with Gasteiger partial charge in [0.2, 0.25) is 0 Å². The van der Waals surface area contributed by atoms with Crippen LogP contribution in [0, 0.1) is 0 Å². The summed E-state index contributed by atoms with van der Waals surface area (Å²) in [5, 5.41) is 12.6. The molecule has 13 heavy (non-hydrogen) atoms. The van der Waals surface area contributed by atoms with Gasteiger partial charge in [-0.2, -0.15) is 0 Å². The predicted molar refractivity (Wildman–Crippen MR) is 49.0 cm³/mol. The van der Waals surface area contributed by atoms with E-state index >= 15 is 0 Å². The Morgan fingerprint density at radius 1 is 1.15 bits per heavy atom. The van der Waals surface area contributed by atoms with Crippen LogP contribution in [0.25, 0.3) is 5.32 Å². The molecule has 0 aromatic carbocycles. The van der Waals surface area contributed by atoms with Gasteiger partial charge >= 0.3 is 19.5 Å². The summed E-state index contributed by atoms with van der Waals surface area (Å²) < 4.78 is 0. The fourth-order valence-electron chi connectivity index (χ4n) is 0.652. The van der Waals surface area contributed by atoms with Gasteiger partial charge in [-0.3, -0.25) is 0 Å². The summed E-state index contributed by atoms with van der Waals surface area (Å²) in [5.41, 5.74) is 0. The molecule has 0 N–H and O–H groups in total. The van der Waals surface area contributed by atoms with Gasteiger partial charge in [0.15, 0.2) is 0 Å². The molecule has 0 aromatic rings. The molecule has 0 atom stereocenters. The monoisotopic (exact) mass is 237 g/mol.